The van der Waals surface area contributed by atoms with E-state index >= 15 is 0 Å². The van der Waals surface area contributed by atoms with Gasteiger partial charge in [-0.25, -0.2) is 4.79 Å². The van der Waals surface area contributed by atoms with Gasteiger partial charge in [0.1, 0.15) is 17.7 Å². The van der Waals surface area contributed by atoms with E-state index in [1.54, 1.807) is 49.9 Å². The molecule has 0 aromatic heterocycles. The predicted octanol–water partition coefficient (Wildman–Crippen LogP) is 2.31. The zero-order chi connectivity index (χ0) is 21.9. The van der Waals surface area contributed by atoms with Crippen LogP contribution in [0.3, 0.4) is 0 Å². The fourth-order valence-corrected chi connectivity index (χ4v) is 3.91. The predicted molar refractivity (Wildman–Crippen MR) is 109 cm³/mol. The maximum absolute atomic E-state index is 13.2. The number of likely N-dealkylation sites (tertiary alicyclic amines) is 2. The first-order valence-electron chi connectivity index (χ1n) is 10.2. The lowest BCUT2D eigenvalue weighted by atomic mass is 10.1. The topological polar surface area (TPSA) is 103 Å². The highest BCUT2D eigenvalue weighted by molar-refractivity contribution is 5.94. The molecule has 0 radical (unpaired) electrons. The molecule has 1 N–H and O–H groups in total. The molecule has 1 unspecified atom stereocenters. The second-order valence-electron chi connectivity index (χ2n) is 8.74. The van der Waals surface area contributed by atoms with Gasteiger partial charge in [0.25, 0.3) is 5.91 Å². The van der Waals surface area contributed by atoms with Crippen molar-refractivity contribution in [1.82, 2.24) is 15.1 Å². The minimum absolute atomic E-state index is 0.176. The molecule has 1 aromatic carbocycles. The lowest BCUT2D eigenvalue weighted by Gasteiger charge is -2.30. The number of benzene rings is 1. The summed E-state index contributed by atoms with van der Waals surface area (Å²) < 4.78 is 5.49. The number of hydrogen-bond donors (Lipinski definition) is 1. The number of nitrogens with one attached hydrogen (secondary N) is 1. The lowest BCUT2D eigenvalue weighted by molar-refractivity contribution is -0.135. The summed E-state index contributed by atoms with van der Waals surface area (Å²) in [6.07, 6.45) is 1.09. The molecular formula is C22H28N4O4. The van der Waals surface area contributed by atoms with E-state index < -0.39 is 23.8 Å². The molecule has 2 fully saturated rings. The van der Waals surface area contributed by atoms with Crippen molar-refractivity contribution < 1.29 is 19.1 Å². The largest absolute Gasteiger partial charge is 0.444 e. The zero-order valence-electron chi connectivity index (χ0n) is 17.6. The summed E-state index contributed by atoms with van der Waals surface area (Å²) in [5.41, 5.74) is -0.195. The van der Waals surface area contributed by atoms with Gasteiger partial charge in [0.15, 0.2) is 0 Å². The fraction of sp³-hybridized carbons (Fsp3) is 0.545. The molecule has 3 amide bonds. The fourth-order valence-electron chi connectivity index (χ4n) is 3.91. The van der Waals surface area contributed by atoms with Crippen molar-refractivity contribution in [3.63, 3.8) is 0 Å². The average molecular weight is 412 g/mol. The van der Waals surface area contributed by atoms with Crippen LogP contribution >= 0.6 is 0 Å². The summed E-state index contributed by atoms with van der Waals surface area (Å²) >= 11 is 0. The summed E-state index contributed by atoms with van der Waals surface area (Å²) in [7, 11) is 0. The molecule has 0 saturated carbocycles. The zero-order valence-corrected chi connectivity index (χ0v) is 17.6. The van der Waals surface area contributed by atoms with E-state index in [0.29, 0.717) is 18.5 Å². The highest BCUT2D eigenvalue weighted by Crippen LogP contribution is 2.26. The lowest BCUT2D eigenvalue weighted by Crippen LogP contribution is -2.50. The Bertz CT molecular complexity index is 843. The molecular weight excluding hydrogens is 384 g/mol. The van der Waals surface area contributed by atoms with Crippen LogP contribution in [0.25, 0.3) is 0 Å². The summed E-state index contributed by atoms with van der Waals surface area (Å²) in [5.74, 6) is -0.518. The number of rotatable bonds is 3. The molecule has 8 heteroatoms. The first kappa shape index (κ1) is 21.6. The van der Waals surface area contributed by atoms with Gasteiger partial charge in [-0.05, 0) is 52.2 Å². The van der Waals surface area contributed by atoms with E-state index in [4.69, 9.17) is 4.74 Å². The second kappa shape index (κ2) is 8.74. The van der Waals surface area contributed by atoms with Gasteiger partial charge in [-0.3, -0.25) is 14.5 Å². The number of nitriles is 1. The van der Waals surface area contributed by atoms with Crippen molar-refractivity contribution in [2.45, 2.75) is 63.8 Å². The van der Waals surface area contributed by atoms with Crippen LogP contribution in [0.4, 0.5) is 4.79 Å². The number of ether oxygens (including phenoxy) is 1. The molecule has 2 saturated heterocycles. The summed E-state index contributed by atoms with van der Waals surface area (Å²) in [6, 6.07) is 9.33. The molecule has 30 heavy (non-hydrogen) atoms. The molecule has 2 heterocycles. The monoisotopic (exact) mass is 412 g/mol. The molecule has 2 aliphatic rings. The third-order valence-corrected chi connectivity index (χ3v) is 5.27. The molecule has 0 aliphatic carbocycles. The molecule has 3 atom stereocenters. The first-order valence-corrected chi connectivity index (χ1v) is 10.2. The Morgan fingerprint density at radius 3 is 2.50 bits per heavy atom. The van der Waals surface area contributed by atoms with Crippen LogP contribution in [0.2, 0.25) is 0 Å². The third kappa shape index (κ3) is 4.90. The van der Waals surface area contributed by atoms with Crippen molar-refractivity contribution >= 4 is 17.9 Å². The summed E-state index contributed by atoms with van der Waals surface area (Å²) in [5, 5.41) is 12.3. The maximum Gasteiger partial charge on any atom is 0.411 e. The molecule has 3 rings (SSSR count). The van der Waals surface area contributed by atoms with Crippen molar-refractivity contribution in [1.29, 1.82) is 5.26 Å². The number of carbonyl (C=O) groups is 3. The molecule has 1 aromatic rings. The van der Waals surface area contributed by atoms with E-state index in [0.717, 1.165) is 6.42 Å². The third-order valence-electron chi connectivity index (χ3n) is 5.27. The van der Waals surface area contributed by atoms with Crippen LogP contribution in [-0.2, 0) is 9.53 Å². The Balaban J connectivity index is 1.77. The van der Waals surface area contributed by atoms with Crippen molar-refractivity contribution in [3.8, 4) is 6.07 Å². The highest BCUT2D eigenvalue weighted by Gasteiger charge is 2.45. The molecule has 160 valence electrons. The van der Waals surface area contributed by atoms with Crippen LogP contribution in [-0.4, -0.2) is 64.5 Å². The molecule has 0 bridgehead atoms. The second-order valence-corrected chi connectivity index (χ2v) is 8.74. The van der Waals surface area contributed by atoms with Gasteiger partial charge < -0.3 is 15.0 Å². The minimum Gasteiger partial charge on any atom is -0.444 e. The molecule has 2 aliphatic heterocycles. The number of carbonyl (C=O) groups excluding carboxylic acids is 3. The van der Waals surface area contributed by atoms with Gasteiger partial charge in [0.05, 0.1) is 6.07 Å². The molecule has 0 spiro atoms. The Labute approximate surface area is 176 Å². The van der Waals surface area contributed by atoms with E-state index in [1.807, 2.05) is 6.07 Å². The van der Waals surface area contributed by atoms with Gasteiger partial charge in [0, 0.05) is 24.7 Å². The van der Waals surface area contributed by atoms with E-state index in [2.05, 4.69) is 11.4 Å². The normalized spacial score (nSPS) is 23.7. The first-order chi connectivity index (χ1) is 14.2. The Hall–Kier alpha value is -3.08. The smallest absolute Gasteiger partial charge is 0.411 e. The van der Waals surface area contributed by atoms with Gasteiger partial charge in [0.2, 0.25) is 5.91 Å². The van der Waals surface area contributed by atoms with E-state index in [9.17, 15) is 19.6 Å². The van der Waals surface area contributed by atoms with Crippen molar-refractivity contribution in [2.75, 3.05) is 13.1 Å². The average Bonchev–Trinajstić information content (AvgIpc) is 3.33. The standard InChI is InChI=1S/C22H28N4O4/c1-22(2,3)30-21(29)26-14-16(24-19(27)15-8-5-4-6-9-15)12-18(26)20(28)25-11-7-10-17(25)13-23/h4-6,8-9,16-18H,7,10-12,14H2,1-3H3,(H,24,27)/t16-,17?,18+/m1/s1. The molecule has 8 nitrogen and oxygen atoms in total. The van der Waals surface area contributed by atoms with Crippen molar-refractivity contribution in [2.24, 2.45) is 0 Å². The van der Waals surface area contributed by atoms with Crippen LogP contribution in [0.1, 0.15) is 50.4 Å². The van der Waals surface area contributed by atoms with Crippen LogP contribution in [0, 0.1) is 11.3 Å². The Morgan fingerprint density at radius 2 is 1.87 bits per heavy atom. The highest BCUT2D eigenvalue weighted by atomic mass is 16.6. The quantitative estimate of drug-likeness (QED) is 0.821. The number of nitrogens with zero attached hydrogens (tertiary/aromatic N) is 3. The number of amides is 3. The van der Waals surface area contributed by atoms with Gasteiger partial charge in [-0.2, -0.15) is 5.26 Å². The van der Waals surface area contributed by atoms with Crippen LogP contribution in [0.5, 0.6) is 0 Å². The van der Waals surface area contributed by atoms with Crippen molar-refractivity contribution in [3.05, 3.63) is 35.9 Å². The van der Waals surface area contributed by atoms with Crippen LogP contribution < -0.4 is 5.32 Å². The number of hydrogen-bond acceptors (Lipinski definition) is 5. The SMILES string of the molecule is CC(C)(C)OC(=O)N1C[C@H](NC(=O)c2ccccc2)C[C@H]1C(=O)N1CCCC1C#N. The van der Waals surface area contributed by atoms with Gasteiger partial charge in [-0.1, -0.05) is 18.2 Å². The summed E-state index contributed by atoms with van der Waals surface area (Å²) in [6.45, 7) is 5.96. The van der Waals surface area contributed by atoms with E-state index in [1.165, 1.54) is 4.90 Å². The van der Waals surface area contributed by atoms with Gasteiger partial charge >= 0.3 is 6.09 Å². The Kier molecular flexibility index (Phi) is 6.30. The minimum atomic E-state index is -0.769. The van der Waals surface area contributed by atoms with Crippen LogP contribution in [0.15, 0.2) is 30.3 Å². The van der Waals surface area contributed by atoms with E-state index in [-0.39, 0.29) is 30.8 Å². The Morgan fingerprint density at radius 1 is 1.17 bits per heavy atom. The maximum atomic E-state index is 13.2. The summed E-state index contributed by atoms with van der Waals surface area (Å²) in [4.78, 5) is 41.5. The van der Waals surface area contributed by atoms with Gasteiger partial charge in [-0.15, -0.1) is 0 Å².